The summed E-state index contributed by atoms with van der Waals surface area (Å²) in [5.41, 5.74) is 5.70. The van der Waals surface area contributed by atoms with E-state index in [-0.39, 0.29) is 23.6 Å². The fourth-order valence-electron chi connectivity index (χ4n) is 1.80. The predicted octanol–water partition coefficient (Wildman–Crippen LogP) is 3.06. The Labute approximate surface area is 132 Å². The minimum Gasteiger partial charge on any atom is -0.378 e. The van der Waals surface area contributed by atoms with Gasteiger partial charge in [0.1, 0.15) is 5.82 Å². The summed E-state index contributed by atoms with van der Waals surface area (Å²) in [6.45, 7) is 3.90. The van der Waals surface area contributed by atoms with Gasteiger partial charge in [-0.1, -0.05) is 6.92 Å². The summed E-state index contributed by atoms with van der Waals surface area (Å²) >= 11 is 0. The highest BCUT2D eigenvalue weighted by atomic mass is 19.1. The number of nitrogens with one attached hydrogen (secondary N) is 2. The Morgan fingerprint density at radius 1 is 1.35 bits per heavy atom. The summed E-state index contributed by atoms with van der Waals surface area (Å²) in [6, 6.07) is 5.43. The quantitative estimate of drug-likeness (QED) is 0.552. The van der Waals surface area contributed by atoms with Crippen molar-refractivity contribution in [3.8, 4) is 0 Å². The van der Waals surface area contributed by atoms with E-state index in [2.05, 4.69) is 20.6 Å². The zero-order chi connectivity index (χ0) is 17.0. The molecule has 1 aromatic carbocycles. The molecule has 9 heteroatoms. The van der Waals surface area contributed by atoms with Crippen LogP contribution in [0.3, 0.4) is 0 Å². The number of rotatable bonds is 6. The van der Waals surface area contributed by atoms with Gasteiger partial charge in [0.05, 0.1) is 4.92 Å². The van der Waals surface area contributed by atoms with Crippen molar-refractivity contribution in [1.82, 2.24) is 9.97 Å². The molecule has 8 nitrogen and oxygen atoms in total. The van der Waals surface area contributed by atoms with Crippen molar-refractivity contribution < 1.29 is 9.31 Å². The molecule has 0 bridgehead atoms. The van der Waals surface area contributed by atoms with E-state index < -0.39 is 16.4 Å². The summed E-state index contributed by atoms with van der Waals surface area (Å²) in [5, 5.41) is 17.0. The molecule has 0 unspecified atom stereocenters. The van der Waals surface area contributed by atoms with Gasteiger partial charge in [0.15, 0.2) is 0 Å². The maximum atomic E-state index is 13.0. The highest BCUT2D eigenvalue weighted by molar-refractivity contribution is 5.74. The van der Waals surface area contributed by atoms with E-state index in [0.717, 1.165) is 6.42 Å². The van der Waals surface area contributed by atoms with Crippen LogP contribution >= 0.6 is 0 Å². The van der Waals surface area contributed by atoms with Gasteiger partial charge in [0.25, 0.3) is 0 Å². The molecule has 0 saturated heterocycles. The molecule has 1 aromatic heterocycles. The third kappa shape index (κ3) is 4.02. The van der Waals surface area contributed by atoms with E-state index in [4.69, 9.17) is 5.73 Å². The van der Waals surface area contributed by atoms with Crippen molar-refractivity contribution in [3.63, 3.8) is 0 Å². The summed E-state index contributed by atoms with van der Waals surface area (Å²) in [6.07, 6.45) is 0.820. The van der Waals surface area contributed by atoms with E-state index in [1.807, 2.05) is 13.8 Å². The predicted molar refractivity (Wildman–Crippen MR) is 86.2 cm³/mol. The molecule has 0 aliphatic rings. The van der Waals surface area contributed by atoms with Crippen molar-refractivity contribution in [2.75, 3.05) is 16.4 Å². The first-order chi connectivity index (χ1) is 10.9. The molecule has 0 aliphatic carbocycles. The van der Waals surface area contributed by atoms with Gasteiger partial charge in [-0.25, -0.2) is 4.39 Å². The highest BCUT2D eigenvalue weighted by Crippen LogP contribution is 2.31. The molecule has 4 N–H and O–H groups in total. The second kappa shape index (κ2) is 6.86. The second-order valence-corrected chi connectivity index (χ2v) is 4.97. The Balaban J connectivity index is 2.41. The van der Waals surface area contributed by atoms with E-state index in [1.165, 1.54) is 24.3 Å². The topological polar surface area (TPSA) is 119 Å². The number of hydrogen-bond donors (Lipinski definition) is 3. The van der Waals surface area contributed by atoms with Crippen LogP contribution in [0, 0.1) is 15.9 Å². The summed E-state index contributed by atoms with van der Waals surface area (Å²) in [7, 11) is 0. The molecule has 0 saturated carbocycles. The normalized spacial score (nSPS) is 11.8. The van der Waals surface area contributed by atoms with Gasteiger partial charge >= 0.3 is 5.69 Å². The standard InChI is InChI=1S/C14H17FN6O2/c1-3-8(2)17-14-19-12(16)11(21(22)23)13(20-14)18-10-6-4-9(15)5-7-10/h4-8H,3H2,1-2H3,(H4,16,17,18,19,20)/t8-/m1/s1. The van der Waals surface area contributed by atoms with Crippen molar-refractivity contribution in [2.45, 2.75) is 26.3 Å². The van der Waals surface area contributed by atoms with Gasteiger partial charge < -0.3 is 16.4 Å². The van der Waals surface area contributed by atoms with E-state index in [1.54, 1.807) is 0 Å². The van der Waals surface area contributed by atoms with E-state index in [9.17, 15) is 14.5 Å². The molecule has 2 rings (SSSR count). The van der Waals surface area contributed by atoms with Crippen molar-refractivity contribution in [3.05, 3.63) is 40.2 Å². The zero-order valence-corrected chi connectivity index (χ0v) is 12.7. The maximum Gasteiger partial charge on any atom is 0.353 e. The van der Waals surface area contributed by atoms with Crippen LogP contribution < -0.4 is 16.4 Å². The summed E-state index contributed by atoms with van der Waals surface area (Å²) < 4.78 is 13.0. The molecule has 1 atom stereocenters. The Kier molecular flexibility index (Phi) is 4.89. The largest absolute Gasteiger partial charge is 0.378 e. The lowest BCUT2D eigenvalue weighted by molar-refractivity contribution is -0.383. The molecule has 0 fully saturated rings. The van der Waals surface area contributed by atoms with E-state index >= 15 is 0 Å². The third-order valence-corrected chi connectivity index (χ3v) is 3.19. The van der Waals surface area contributed by atoms with Gasteiger partial charge in [0.2, 0.25) is 17.6 Å². The van der Waals surface area contributed by atoms with Gasteiger partial charge in [-0.15, -0.1) is 0 Å². The lowest BCUT2D eigenvalue weighted by Gasteiger charge is -2.13. The Morgan fingerprint density at radius 3 is 2.57 bits per heavy atom. The van der Waals surface area contributed by atoms with Crippen LogP contribution in [0.25, 0.3) is 0 Å². The number of halogens is 1. The average Bonchev–Trinajstić information content (AvgIpc) is 2.48. The monoisotopic (exact) mass is 320 g/mol. The molecule has 0 aliphatic heterocycles. The number of hydrogen-bond acceptors (Lipinski definition) is 7. The van der Waals surface area contributed by atoms with Crippen molar-refractivity contribution in [1.29, 1.82) is 0 Å². The molecule has 2 aromatic rings. The van der Waals surface area contributed by atoms with Crippen LogP contribution in [0.4, 0.5) is 33.3 Å². The Hall–Kier alpha value is -2.97. The number of nitrogens with zero attached hydrogens (tertiary/aromatic N) is 3. The van der Waals surface area contributed by atoms with Gasteiger partial charge in [-0.3, -0.25) is 10.1 Å². The lowest BCUT2D eigenvalue weighted by atomic mass is 10.3. The number of anilines is 4. The van der Waals surface area contributed by atoms with Crippen molar-refractivity contribution in [2.24, 2.45) is 0 Å². The first-order valence-electron chi connectivity index (χ1n) is 7.01. The Bertz CT molecular complexity index is 707. The molecule has 0 spiro atoms. The second-order valence-electron chi connectivity index (χ2n) is 4.97. The fraction of sp³-hybridized carbons (Fsp3) is 0.286. The molecule has 23 heavy (non-hydrogen) atoms. The first kappa shape index (κ1) is 16.4. The highest BCUT2D eigenvalue weighted by Gasteiger charge is 2.23. The fourth-order valence-corrected chi connectivity index (χ4v) is 1.80. The van der Waals surface area contributed by atoms with Gasteiger partial charge in [-0.2, -0.15) is 9.97 Å². The number of benzene rings is 1. The lowest BCUT2D eigenvalue weighted by Crippen LogP contribution is -2.17. The summed E-state index contributed by atoms with van der Waals surface area (Å²) in [5.74, 6) is -0.529. The minimum absolute atomic E-state index is 0.0556. The van der Waals surface area contributed by atoms with Crippen LogP contribution in [0.2, 0.25) is 0 Å². The molecular weight excluding hydrogens is 303 g/mol. The molecule has 1 heterocycles. The zero-order valence-electron chi connectivity index (χ0n) is 12.7. The SMILES string of the molecule is CC[C@@H](C)Nc1nc(N)c([N+](=O)[O-])c(Nc2ccc(F)cc2)n1. The smallest absolute Gasteiger partial charge is 0.353 e. The molecular formula is C14H17FN6O2. The van der Waals surface area contributed by atoms with Gasteiger partial charge in [-0.05, 0) is 37.6 Å². The molecule has 0 amide bonds. The van der Waals surface area contributed by atoms with Crippen LogP contribution in [-0.2, 0) is 0 Å². The minimum atomic E-state index is -0.659. The molecule has 0 radical (unpaired) electrons. The van der Waals surface area contributed by atoms with Gasteiger partial charge in [0, 0.05) is 11.7 Å². The van der Waals surface area contributed by atoms with Crippen molar-refractivity contribution >= 4 is 29.0 Å². The number of nitrogens with two attached hydrogens (primary N) is 1. The maximum absolute atomic E-state index is 13.0. The Morgan fingerprint density at radius 2 is 2.00 bits per heavy atom. The van der Waals surface area contributed by atoms with Crippen LogP contribution in [0.5, 0.6) is 0 Å². The third-order valence-electron chi connectivity index (χ3n) is 3.19. The number of nitrogen functional groups attached to an aromatic ring is 1. The summed E-state index contributed by atoms with van der Waals surface area (Å²) in [4.78, 5) is 18.6. The first-order valence-corrected chi connectivity index (χ1v) is 7.01. The molecule has 122 valence electrons. The van der Waals surface area contributed by atoms with E-state index in [0.29, 0.717) is 5.69 Å². The number of aromatic nitrogens is 2. The van der Waals surface area contributed by atoms with Crippen LogP contribution in [0.15, 0.2) is 24.3 Å². The van der Waals surface area contributed by atoms with Crippen LogP contribution in [0.1, 0.15) is 20.3 Å². The average molecular weight is 320 g/mol. The van der Waals surface area contributed by atoms with Crippen LogP contribution in [-0.4, -0.2) is 20.9 Å². The number of nitro groups is 1.